The van der Waals surface area contributed by atoms with Crippen LogP contribution in [0.25, 0.3) is 0 Å². The summed E-state index contributed by atoms with van der Waals surface area (Å²) in [5.41, 5.74) is 1.01. The number of hydrogen-bond acceptors (Lipinski definition) is 3. The second-order valence-corrected chi connectivity index (χ2v) is 7.50. The highest BCUT2D eigenvalue weighted by molar-refractivity contribution is 8.00. The van der Waals surface area contributed by atoms with Crippen LogP contribution in [-0.2, 0) is 16.1 Å². The van der Waals surface area contributed by atoms with Crippen molar-refractivity contribution in [2.45, 2.75) is 44.3 Å². The van der Waals surface area contributed by atoms with E-state index in [4.69, 9.17) is 0 Å². The molecule has 4 nitrogen and oxygen atoms in total. The molecule has 1 atom stereocenters. The third kappa shape index (κ3) is 6.23. The van der Waals surface area contributed by atoms with Gasteiger partial charge in [0.2, 0.25) is 11.8 Å². The van der Waals surface area contributed by atoms with Crippen molar-refractivity contribution in [1.29, 1.82) is 0 Å². The van der Waals surface area contributed by atoms with Gasteiger partial charge < -0.3 is 10.2 Å². The normalized spacial score (nSPS) is 11.8. The molecule has 5 heteroatoms. The van der Waals surface area contributed by atoms with Gasteiger partial charge in [-0.25, -0.2) is 0 Å². The van der Waals surface area contributed by atoms with Crippen LogP contribution in [0.2, 0.25) is 0 Å². The lowest BCUT2D eigenvalue weighted by molar-refractivity contribution is -0.138. The molecule has 2 rings (SSSR count). The number of carbonyl (C=O) groups excluding carboxylic acids is 2. The van der Waals surface area contributed by atoms with Crippen LogP contribution in [0.3, 0.4) is 0 Å². The fourth-order valence-electron chi connectivity index (χ4n) is 2.51. The first-order valence-corrected chi connectivity index (χ1v) is 9.77. The third-order valence-corrected chi connectivity index (χ3v) is 4.90. The van der Waals surface area contributed by atoms with Crippen molar-refractivity contribution >= 4 is 23.6 Å². The number of rotatable bonds is 8. The molecule has 0 saturated heterocycles. The summed E-state index contributed by atoms with van der Waals surface area (Å²) in [7, 11) is 0. The van der Waals surface area contributed by atoms with E-state index < -0.39 is 6.04 Å². The largest absolute Gasteiger partial charge is 0.352 e. The Morgan fingerprint density at radius 2 is 1.54 bits per heavy atom. The maximum Gasteiger partial charge on any atom is 0.242 e. The summed E-state index contributed by atoms with van der Waals surface area (Å²) in [6.07, 6.45) is 0. The monoisotopic (exact) mass is 370 g/mol. The first-order valence-electron chi connectivity index (χ1n) is 8.79. The first kappa shape index (κ1) is 20.0. The van der Waals surface area contributed by atoms with E-state index in [0.29, 0.717) is 12.3 Å². The van der Waals surface area contributed by atoms with Crippen LogP contribution in [-0.4, -0.2) is 34.6 Å². The summed E-state index contributed by atoms with van der Waals surface area (Å²) >= 11 is 1.49. The molecule has 0 aliphatic heterocycles. The minimum Gasteiger partial charge on any atom is -0.352 e. The van der Waals surface area contributed by atoms with E-state index in [2.05, 4.69) is 5.32 Å². The Hall–Kier alpha value is -2.27. The summed E-state index contributed by atoms with van der Waals surface area (Å²) < 4.78 is 0. The molecule has 0 aromatic heterocycles. The Bertz CT molecular complexity index is 704. The molecule has 0 radical (unpaired) electrons. The number of hydrogen-bond donors (Lipinski definition) is 1. The summed E-state index contributed by atoms with van der Waals surface area (Å²) in [5, 5.41) is 2.90. The molecule has 1 N–H and O–H groups in total. The summed E-state index contributed by atoms with van der Waals surface area (Å²) in [6.45, 7) is 6.03. The Labute approximate surface area is 160 Å². The number of benzene rings is 2. The van der Waals surface area contributed by atoms with Gasteiger partial charge in [0.1, 0.15) is 6.04 Å². The van der Waals surface area contributed by atoms with Crippen LogP contribution in [0.15, 0.2) is 65.6 Å². The molecule has 0 unspecified atom stereocenters. The number of nitrogens with one attached hydrogen (secondary N) is 1. The highest BCUT2D eigenvalue weighted by atomic mass is 32.2. The quantitative estimate of drug-likeness (QED) is 0.721. The van der Waals surface area contributed by atoms with Crippen LogP contribution >= 0.6 is 11.8 Å². The van der Waals surface area contributed by atoms with Crippen LogP contribution in [0.1, 0.15) is 26.3 Å². The van der Waals surface area contributed by atoms with Gasteiger partial charge in [-0.05, 0) is 38.5 Å². The molecule has 0 spiro atoms. The van der Waals surface area contributed by atoms with E-state index >= 15 is 0 Å². The lowest BCUT2D eigenvalue weighted by atomic mass is 10.1. The average Bonchev–Trinajstić information content (AvgIpc) is 2.64. The fraction of sp³-hybridized carbons (Fsp3) is 0.333. The van der Waals surface area contributed by atoms with Gasteiger partial charge in [-0.15, -0.1) is 11.8 Å². The average molecular weight is 371 g/mol. The van der Waals surface area contributed by atoms with Crippen molar-refractivity contribution in [1.82, 2.24) is 10.2 Å². The van der Waals surface area contributed by atoms with Crippen molar-refractivity contribution in [3.63, 3.8) is 0 Å². The third-order valence-electron chi connectivity index (χ3n) is 3.90. The van der Waals surface area contributed by atoms with E-state index in [-0.39, 0.29) is 17.9 Å². The summed E-state index contributed by atoms with van der Waals surface area (Å²) in [6, 6.07) is 19.1. The SMILES string of the molecule is CC(C)NC(=O)[C@@H](C)N(Cc1ccccc1)C(=O)CSc1ccccc1. The van der Waals surface area contributed by atoms with Crippen LogP contribution in [0, 0.1) is 0 Å². The molecule has 0 saturated carbocycles. The highest BCUT2D eigenvalue weighted by Gasteiger charge is 2.26. The molecule has 26 heavy (non-hydrogen) atoms. The second-order valence-electron chi connectivity index (χ2n) is 6.45. The Balaban J connectivity index is 2.10. The molecule has 0 bridgehead atoms. The molecule has 0 fully saturated rings. The number of carbonyl (C=O) groups is 2. The van der Waals surface area contributed by atoms with Crippen molar-refractivity contribution in [2.75, 3.05) is 5.75 Å². The Morgan fingerprint density at radius 3 is 2.12 bits per heavy atom. The highest BCUT2D eigenvalue weighted by Crippen LogP contribution is 2.19. The van der Waals surface area contributed by atoms with E-state index in [9.17, 15) is 9.59 Å². The van der Waals surface area contributed by atoms with Gasteiger partial charge in [0.05, 0.1) is 5.75 Å². The number of nitrogens with zero attached hydrogens (tertiary/aromatic N) is 1. The molecule has 0 aliphatic rings. The summed E-state index contributed by atoms with van der Waals surface area (Å²) in [4.78, 5) is 28.0. The molecular weight excluding hydrogens is 344 g/mol. The number of thioether (sulfide) groups is 1. The standard InChI is InChI=1S/C21H26N2O2S/c1-16(2)22-21(25)17(3)23(14-18-10-6-4-7-11-18)20(24)15-26-19-12-8-5-9-13-19/h4-13,16-17H,14-15H2,1-3H3,(H,22,25)/t17-/m1/s1. The van der Waals surface area contributed by atoms with Gasteiger partial charge in [0, 0.05) is 17.5 Å². The van der Waals surface area contributed by atoms with E-state index in [1.54, 1.807) is 11.8 Å². The van der Waals surface area contributed by atoms with Gasteiger partial charge in [-0.3, -0.25) is 9.59 Å². The zero-order valence-electron chi connectivity index (χ0n) is 15.5. The van der Waals surface area contributed by atoms with Gasteiger partial charge >= 0.3 is 0 Å². The molecule has 138 valence electrons. The Morgan fingerprint density at radius 1 is 0.962 bits per heavy atom. The topological polar surface area (TPSA) is 49.4 Å². The van der Waals surface area contributed by atoms with Crippen molar-refractivity contribution in [3.8, 4) is 0 Å². The van der Waals surface area contributed by atoms with Crippen molar-refractivity contribution in [3.05, 3.63) is 66.2 Å². The van der Waals surface area contributed by atoms with E-state index in [1.165, 1.54) is 11.8 Å². The van der Waals surface area contributed by atoms with Crippen LogP contribution in [0.4, 0.5) is 0 Å². The second kappa shape index (κ2) is 10.0. The van der Waals surface area contributed by atoms with Crippen LogP contribution in [0.5, 0.6) is 0 Å². The van der Waals surface area contributed by atoms with Gasteiger partial charge in [-0.1, -0.05) is 48.5 Å². The van der Waals surface area contributed by atoms with Crippen molar-refractivity contribution < 1.29 is 9.59 Å². The predicted octanol–water partition coefficient (Wildman–Crippen LogP) is 3.72. The smallest absolute Gasteiger partial charge is 0.242 e. The lowest BCUT2D eigenvalue weighted by Gasteiger charge is -2.29. The van der Waals surface area contributed by atoms with E-state index in [0.717, 1.165) is 10.5 Å². The zero-order chi connectivity index (χ0) is 18.9. The van der Waals surface area contributed by atoms with Gasteiger partial charge in [0.25, 0.3) is 0 Å². The van der Waals surface area contributed by atoms with Gasteiger partial charge in [0.15, 0.2) is 0 Å². The lowest BCUT2D eigenvalue weighted by Crippen LogP contribution is -2.49. The van der Waals surface area contributed by atoms with Crippen LogP contribution < -0.4 is 5.32 Å². The minimum atomic E-state index is -0.526. The van der Waals surface area contributed by atoms with Crippen molar-refractivity contribution in [2.24, 2.45) is 0 Å². The maximum atomic E-state index is 12.9. The minimum absolute atomic E-state index is 0.0392. The summed E-state index contributed by atoms with van der Waals surface area (Å²) in [5.74, 6) is 0.124. The molecule has 0 heterocycles. The molecule has 2 aromatic carbocycles. The molecule has 2 aromatic rings. The Kier molecular flexibility index (Phi) is 7.73. The van der Waals surface area contributed by atoms with E-state index in [1.807, 2.05) is 74.5 Å². The molecule has 0 aliphatic carbocycles. The fourth-order valence-corrected chi connectivity index (χ4v) is 3.32. The number of amides is 2. The molecular formula is C21H26N2O2S. The maximum absolute atomic E-state index is 12.9. The zero-order valence-corrected chi connectivity index (χ0v) is 16.3. The van der Waals surface area contributed by atoms with Gasteiger partial charge in [-0.2, -0.15) is 0 Å². The first-order chi connectivity index (χ1) is 12.5. The predicted molar refractivity (Wildman–Crippen MR) is 107 cm³/mol. The molecule has 2 amide bonds.